The van der Waals surface area contributed by atoms with Gasteiger partial charge < -0.3 is 4.52 Å². The largest absolute Gasteiger partial charge is 0.337 e. The molecule has 28 heavy (non-hydrogen) atoms. The van der Waals surface area contributed by atoms with Gasteiger partial charge in [0.25, 0.3) is 0 Å². The van der Waals surface area contributed by atoms with E-state index in [1.807, 2.05) is 31.0 Å². The lowest BCUT2D eigenvalue weighted by Gasteiger charge is -2.14. The molecule has 3 aromatic rings. The number of benzene rings is 1. The number of pyridine rings is 1. The molecular weight excluding hydrogens is 378 g/mol. The maximum Gasteiger partial charge on any atom is 0.244 e. The normalized spacial score (nSPS) is 20.5. The number of aromatic nitrogens is 3. The molecule has 2 aromatic heterocycles. The molecule has 1 fully saturated rings. The third-order valence-corrected chi connectivity index (χ3v) is 6.38. The van der Waals surface area contributed by atoms with E-state index in [9.17, 15) is 8.42 Å². The Kier molecular flexibility index (Phi) is 4.96. The van der Waals surface area contributed by atoms with Crippen LogP contribution in [0.1, 0.15) is 23.9 Å². The average molecular weight is 399 g/mol. The van der Waals surface area contributed by atoms with Crippen LogP contribution in [-0.2, 0) is 10.0 Å². The summed E-state index contributed by atoms with van der Waals surface area (Å²) in [5.41, 5.74) is 1.79. The van der Waals surface area contributed by atoms with Gasteiger partial charge in [0.15, 0.2) is 0 Å². The van der Waals surface area contributed by atoms with Gasteiger partial charge in [0.05, 0.1) is 10.9 Å². The molecule has 0 bridgehead atoms. The van der Waals surface area contributed by atoms with Crippen LogP contribution in [0.15, 0.2) is 58.2 Å². The Hall–Kier alpha value is -2.62. The zero-order valence-electron chi connectivity index (χ0n) is 15.6. The average Bonchev–Trinajstić information content (AvgIpc) is 3.29. The summed E-state index contributed by atoms with van der Waals surface area (Å²) in [6.45, 7) is 2.48. The number of nitrogens with zero attached hydrogens (tertiary/aromatic N) is 4. The van der Waals surface area contributed by atoms with Crippen molar-refractivity contribution in [3.05, 3.63) is 60.2 Å². The quantitative estimate of drug-likeness (QED) is 0.701. The van der Waals surface area contributed by atoms with Gasteiger partial charge in [-0.05, 0) is 44.7 Å². The van der Waals surface area contributed by atoms with E-state index in [-0.39, 0.29) is 17.0 Å². The molecule has 1 aliphatic rings. The van der Waals surface area contributed by atoms with Gasteiger partial charge in [-0.3, -0.25) is 9.88 Å². The summed E-state index contributed by atoms with van der Waals surface area (Å²) in [6.07, 6.45) is 3.90. The Labute approximate surface area is 163 Å². The van der Waals surface area contributed by atoms with E-state index in [1.54, 1.807) is 36.7 Å². The molecule has 0 amide bonds. The molecule has 1 aliphatic heterocycles. The number of likely N-dealkylation sites (N-methyl/N-ethyl adjacent to an activating group) is 1. The molecule has 9 heteroatoms. The minimum Gasteiger partial charge on any atom is -0.337 e. The summed E-state index contributed by atoms with van der Waals surface area (Å²) >= 11 is 0. The van der Waals surface area contributed by atoms with Crippen LogP contribution in [0.3, 0.4) is 0 Å². The lowest BCUT2D eigenvalue weighted by atomic mass is 10.2. The zero-order chi connectivity index (χ0) is 19.7. The number of sulfonamides is 1. The first-order valence-corrected chi connectivity index (χ1v) is 10.4. The second-order valence-corrected chi connectivity index (χ2v) is 8.73. The van der Waals surface area contributed by atoms with E-state index in [0.717, 1.165) is 11.1 Å². The predicted molar refractivity (Wildman–Crippen MR) is 103 cm³/mol. The predicted octanol–water partition coefficient (Wildman–Crippen LogP) is 2.16. The fourth-order valence-electron chi connectivity index (χ4n) is 3.36. The summed E-state index contributed by atoms with van der Waals surface area (Å²) in [7, 11) is -1.66. The minimum absolute atomic E-state index is 0.149. The Morgan fingerprint density at radius 3 is 2.71 bits per heavy atom. The molecule has 2 unspecified atom stereocenters. The van der Waals surface area contributed by atoms with Gasteiger partial charge in [0.1, 0.15) is 0 Å². The highest BCUT2D eigenvalue weighted by Gasteiger charge is 2.36. The maximum absolute atomic E-state index is 12.7. The van der Waals surface area contributed by atoms with Crippen molar-refractivity contribution in [2.24, 2.45) is 0 Å². The first-order chi connectivity index (χ1) is 13.4. The molecule has 8 nitrogen and oxygen atoms in total. The van der Waals surface area contributed by atoms with E-state index in [0.29, 0.717) is 24.7 Å². The number of hydrogen-bond acceptors (Lipinski definition) is 7. The summed E-state index contributed by atoms with van der Waals surface area (Å²) in [4.78, 5) is 10.8. The van der Waals surface area contributed by atoms with Crippen molar-refractivity contribution in [3.8, 4) is 11.4 Å². The Bertz CT molecular complexity index is 1050. The topological polar surface area (TPSA) is 101 Å². The highest BCUT2D eigenvalue weighted by molar-refractivity contribution is 7.89. The van der Waals surface area contributed by atoms with Crippen LogP contribution in [0.4, 0.5) is 0 Å². The van der Waals surface area contributed by atoms with Crippen LogP contribution in [0, 0.1) is 6.92 Å². The third kappa shape index (κ3) is 3.82. The van der Waals surface area contributed by atoms with E-state index < -0.39 is 10.0 Å². The minimum atomic E-state index is -3.58. The smallest absolute Gasteiger partial charge is 0.244 e. The summed E-state index contributed by atoms with van der Waals surface area (Å²) < 4.78 is 33.5. The second kappa shape index (κ2) is 7.42. The molecule has 146 valence electrons. The lowest BCUT2D eigenvalue weighted by Crippen LogP contribution is -2.36. The molecule has 0 saturated carbocycles. The highest BCUT2D eigenvalue weighted by atomic mass is 32.2. The molecular formula is C19H21N5O3S. The van der Waals surface area contributed by atoms with Crippen molar-refractivity contribution in [1.82, 2.24) is 24.7 Å². The van der Waals surface area contributed by atoms with Gasteiger partial charge in [0, 0.05) is 30.5 Å². The molecule has 4 rings (SSSR count). The van der Waals surface area contributed by atoms with E-state index >= 15 is 0 Å². The van der Waals surface area contributed by atoms with Crippen molar-refractivity contribution >= 4 is 10.0 Å². The number of rotatable bonds is 5. The highest BCUT2D eigenvalue weighted by Crippen LogP contribution is 2.31. The first-order valence-electron chi connectivity index (χ1n) is 8.95. The van der Waals surface area contributed by atoms with E-state index in [4.69, 9.17) is 4.52 Å². The molecule has 0 radical (unpaired) electrons. The standard InChI is InChI=1S/C19H21N5O3S/c1-13-5-7-16(8-6-13)28(25,26)23-15-10-17(24(2)12-15)19-21-18(22-27-19)14-4-3-9-20-11-14/h3-9,11,15,17,23H,10,12H2,1-2H3. The summed E-state index contributed by atoms with van der Waals surface area (Å²) in [5.74, 6) is 0.943. The van der Waals surface area contributed by atoms with E-state index in [2.05, 4.69) is 19.8 Å². The van der Waals surface area contributed by atoms with Crippen LogP contribution >= 0.6 is 0 Å². The molecule has 0 aliphatic carbocycles. The number of hydrogen-bond donors (Lipinski definition) is 1. The Morgan fingerprint density at radius 1 is 1.21 bits per heavy atom. The van der Waals surface area contributed by atoms with Crippen molar-refractivity contribution < 1.29 is 12.9 Å². The molecule has 3 heterocycles. The summed E-state index contributed by atoms with van der Waals surface area (Å²) in [5, 5.41) is 4.03. The Morgan fingerprint density at radius 2 is 2.00 bits per heavy atom. The van der Waals surface area contributed by atoms with Crippen molar-refractivity contribution in [2.45, 2.75) is 30.3 Å². The monoisotopic (exact) mass is 399 g/mol. The van der Waals surface area contributed by atoms with Crippen LogP contribution < -0.4 is 4.72 Å². The lowest BCUT2D eigenvalue weighted by molar-refractivity contribution is 0.244. The fourth-order valence-corrected chi connectivity index (χ4v) is 4.60. The van der Waals surface area contributed by atoms with Crippen molar-refractivity contribution in [2.75, 3.05) is 13.6 Å². The number of likely N-dealkylation sites (tertiary alicyclic amines) is 1. The number of nitrogens with one attached hydrogen (secondary N) is 1. The molecule has 1 N–H and O–H groups in total. The molecule has 2 atom stereocenters. The zero-order valence-corrected chi connectivity index (χ0v) is 16.4. The maximum atomic E-state index is 12.7. The van der Waals surface area contributed by atoms with Crippen molar-refractivity contribution in [1.29, 1.82) is 0 Å². The molecule has 0 spiro atoms. The SMILES string of the molecule is Cc1ccc(S(=O)(=O)NC2CC(c3nc(-c4cccnc4)no3)N(C)C2)cc1. The molecule has 1 saturated heterocycles. The van der Waals surface area contributed by atoms with Gasteiger partial charge in [0.2, 0.25) is 21.7 Å². The third-order valence-electron chi connectivity index (χ3n) is 4.85. The van der Waals surface area contributed by atoms with E-state index in [1.165, 1.54) is 0 Å². The van der Waals surface area contributed by atoms with Crippen LogP contribution in [0.5, 0.6) is 0 Å². The van der Waals surface area contributed by atoms with Crippen LogP contribution in [0.2, 0.25) is 0 Å². The van der Waals surface area contributed by atoms with Gasteiger partial charge in [-0.15, -0.1) is 0 Å². The number of aryl methyl sites for hydroxylation is 1. The second-order valence-electron chi connectivity index (χ2n) is 7.02. The van der Waals surface area contributed by atoms with Crippen LogP contribution in [0.25, 0.3) is 11.4 Å². The fraction of sp³-hybridized carbons (Fsp3) is 0.316. The van der Waals surface area contributed by atoms with Crippen LogP contribution in [-0.4, -0.2) is 48.1 Å². The Balaban J connectivity index is 1.48. The van der Waals surface area contributed by atoms with Gasteiger partial charge in [-0.25, -0.2) is 13.1 Å². The molecule has 1 aromatic carbocycles. The van der Waals surface area contributed by atoms with Gasteiger partial charge in [-0.2, -0.15) is 4.98 Å². The van der Waals surface area contributed by atoms with Gasteiger partial charge in [-0.1, -0.05) is 22.9 Å². The first kappa shape index (κ1) is 18.7. The van der Waals surface area contributed by atoms with Gasteiger partial charge >= 0.3 is 0 Å². The summed E-state index contributed by atoms with van der Waals surface area (Å²) in [6, 6.07) is 10.1. The van der Waals surface area contributed by atoms with Crippen molar-refractivity contribution in [3.63, 3.8) is 0 Å².